The fourth-order valence-electron chi connectivity index (χ4n) is 1.59. The molecule has 5 heteroatoms. The Morgan fingerprint density at radius 3 is 2.72 bits per heavy atom. The predicted molar refractivity (Wildman–Crippen MR) is 72.7 cm³/mol. The highest BCUT2D eigenvalue weighted by molar-refractivity contribution is 7.17. The maximum atomic E-state index is 11.0. The molecular weight excluding hydrogens is 248 g/mol. The van der Waals surface area contributed by atoms with Crippen molar-refractivity contribution in [2.45, 2.75) is 6.61 Å². The SMILES string of the molecule is COCc1nc(N(C)c2ccccc2)sc1C=O. The number of methoxy groups -OCH3 is 1. The molecule has 0 bridgehead atoms. The third-order valence-electron chi connectivity index (χ3n) is 2.53. The number of para-hydroxylation sites is 1. The van der Waals surface area contributed by atoms with E-state index in [-0.39, 0.29) is 0 Å². The predicted octanol–water partition coefficient (Wildman–Crippen LogP) is 2.87. The zero-order chi connectivity index (χ0) is 13.0. The number of ether oxygens (including phenoxy) is 1. The van der Waals surface area contributed by atoms with Crippen molar-refractivity contribution in [1.29, 1.82) is 0 Å². The normalized spacial score (nSPS) is 10.3. The van der Waals surface area contributed by atoms with Crippen LogP contribution in [0.25, 0.3) is 0 Å². The van der Waals surface area contributed by atoms with E-state index in [0.717, 1.165) is 17.1 Å². The Kier molecular flexibility index (Phi) is 4.07. The fourth-order valence-corrected chi connectivity index (χ4v) is 2.45. The first kappa shape index (κ1) is 12.7. The molecule has 0 saturated heterocycles. The van der Waals surface area contributed by atoms with Crippen molar-refractivity contribution in [2.24, 2.45) is 0 Å². The summed E-state index contributed by atoms with van der Waals surface area (Å²) in [4.78, 5) is 18.0. The van der Waals surface area contributed by atoms with Gasteiger partial charge in [-0.05, 0) is 12.1 Å². The van der Waals surface area contributed by atoms with Crippen LogP contribution in [0.2, 0.25) is 0 Å². The topological polar surface area (TPSA) is 42.4 Å². The van der Waals surface area contributed by atoms with Gasteiger partial charge in [0.25, 0.3) is 0 Å². The van der Waals surface area contributed by atoms with Gasteiger partial charge in [-0.1, -0.05) is 29.5 Å². The van der Waals surface area contributed by atoms with E-state index in [1.54, 1.807) is 7.11 Å². The third kappa shape index (κ3) is 2.57. The van der Waals surface area contributed by atoms with Gasteiger partial charge in [-0.2, -0.15) is 0 Å². The van der Waals surface area contributed by atoms with Gasteiger partial charge in [-0.3, -0.25) is 4.79 Å². The Morgan fingerprint density at radius 2 is 2.11 bits per heavy atom. The lowest BCUT2D eigenvalue weighted by molar-refractivity contribution is 0.112. The van der Waals surface area contributed by atoms with Crippen molar-refractivity contribution < 1.29 is 9.53 Å². The summed E-state index contributed by atoms with van der Waals surface area (Å²) < 4.78 is 5.04. The van der Waals surface area contributed by atoms with Gasteiger partial charge in [0.2, 0.25) is 0 Å². The van der Waals surface area contributed by atoms with Crippen LogP contribution in [0.15, 0.2) is 30.3 Å². The van der Waals surface area contributed by atoms with E-state index in [1.807, 2.05) is 42.3 Å². The van der Waals surface area contributed by atoms with E-state index in [0.29, 0.717) is 17.2 Å². The maximum absolute atomic E-state index is 11.0. The number of carbonyl (C=O) groups excluding carboxylic acids is 1. The van der Waals surface area contributed by atoms with Crippen molar-refractivity contribution in [3.8, 4) is 0 Å². The standard InChI is InChI=1S/C13H14N2O2S/c1-15(10-6-4-3-5-7-10)13-14-11(9-17-2)12(8-16)18-13/h3-8H,9H2,1-2H3. The average Bonchev–Trinajstić information content (AvgIpc) is 2.82. The summed E-state index contributed by atoms with van der Waals surface area (Å²) in [6, 6.07) is 9.90. The van der Waals surface area contributed by atoms with Crippen molar-refractivity contribution in [3.05, 3.63) is 40.9 Å². The van der Waals surface area contributed by atoms with Gasteiger partial charge in [0.15, 0.2) is 11.4 Å². The highest BCUT2D eigenvalue weighted by atomic mass is 32.1. The smallest absolute Gasteiger partial charge is 0.190 e. The van der Waals surface area contributed by atoms with E-state index in [2.05, 4.69) is 4.98 Å². The number of nitrogens with zero attached hydrogens (tertiary/aromatic N) is 2. The Balaban J connectivity index is 2.31. The first-order valence-electron chi connectivity index (χ1n) is 5.49. The Morgan fingerprint density at radius 1 is 1.39 bits per heavy atom. The highest BCUT2D eigenvalue weighted by Gasteiger charge is 2.14. The first-order chi connectivity index (χ1) is 8.76. The van der Waals surface area contributed by atoms with Gasteiger partial charge in [0.1, 0.15) is 0 Å². The molecule has 1 aromatic carbocycles. The lowest BCUT2D eigenvalue weighted by Crippen LogP contribution is -2.08. The molecule has 0 atom stereocenters. The van der Waals surface area contributed by atoms with E-state index in [1.165, 1.54) is 11.3 Å². The molecule has 1 heterocycles. The van der Waals surface area contributed by atoms with Crippen LogP contribution >= 0.6 is 11.3 Å². The first-order valence-corrected chi connectivity index (χ1v) is 6.30. The number of hydrogen-bond donors (Lipinski definition) is 0. The molecule has 0 N–H and O–H groups in total. The molecule has 0 aliphatic rings. The summed E-state index contributed by atoms with van der Waals surface area (Å²) >= 11 is 1.37. The van der Waals surface area contributed by atoms with Gasteiger partial charge in [-0.25, -0.2) is 4.98 Å². The second-order valence-electron chi connectivity index (χ2n) is 3.75. The molecule has 2 aromatic rings. The molecule has 0 amide bonds. The van der Waals surface area contributed by atoms with Gasteiger partial charge >= 0.3 is 0 Å². The minimum absolute atomic E-state index is 0.354. The molecule has 0 fully saturated rings. The van der Waals surface area contributed by atoms with Gasteiger partial charge < -0.3 is 9.64 Å². The highest BCUT2D eigenvalue weighted by Crippen LogP contribution is 2.29. The maximum Gasteiger partial charge on any atom is 0.190 e. The fraction of sp³-hybridized carbons (Fsp3) is 0.231. The minimum atomic E-state index is 0.354. The zero-order valence-electron chi connectivity index (χ0n) is 10.3. The van der Waals surface area contributed by atoms with E-state index < -0.39 is 0 Å². The summed E-state index contributed by atoms with van der Waals surface area (Å²) in [7, 11) is 3.52. The van der Waals surface area contributed by atoms with Crippen LogP contribution in [0.1, 0.15) is 15.4 Å². The van der Waals surface area contributed by atoms with E-state index in [4.69, 9.17) is 4.74 Å². The summed E-state index contributed by atoms with van der Waals surface area (Å²) in [5, 5.41) is 0.787. The minimum Gasteiger partial charge on any atom is -0.378 e. The summed E-state index contributed by atoms with van der Waals surface area (Å²) in [6.07, 6.45) is 0.828. The molecule has 2 rings (SSSR count). The third-order valence-corrected chi connectivity index (χ3v) is 3.63. The van der Waals surface area contributed by atoms with Gasteiger partial charge in [0.05, 0.1) is 17.2 Å². The number of hydrogen-bond acceptors (Lipinski definition) is 5. The second-order valence-corrected chi connectivity index (χ2v) is 4.76. The lowest BCUT2D eigenvalue weighted by Gasteiger charge is -2.15. The van der Waals surface area contributed by atoms with Crippen molar-refractivity contribution in [2.75, 3.05) is 19.1 Å². The molecule has 0 aliphatic carbocycles. The largest absolute Gasteiger partial charge is 0.378 e. The van der Waals surface area contributed by atoms with Crippen molar-refractivity contribution in [3.63, 3.8) is 0 Å². The molecule has 0 saturated carbocycles. The molecule has 94 valence electrons. The zero-order valence-corrected chi connectivity index (χ0v) is 11.1. The number of aldehydes is 1. The monoisotopic (exact) mass is 262 g/mol. The van der Waals surface area contributed by atoms with Gasteiger partial charge in [0, 0.05) is 19.8 Å². The van der Waals surface area contributed by atoms with E-state index >= 15 is 0 Å². The van der Waals surface area contributed by atoms with Crippen LogP contribution in [-0.2, 0) is 11.3 Å². The van der Waals surface area contributed by atoms with Crippen molar-refractivity contribution in [1.82, 2.24) is 4.98 Å². The number of carbonyl (C=O) groups is 1. The molecular formula is C13H14N2O2S. The van der Waals surface area contributed by atoms with Crippen LogP contribution in [0.4, 0.5) is 10.8 Å². The number of thiazole rings is 1. The summed E-state index contributed by atoms with van der Waals surface area (Å²) in [5.74, 6) is 0. The van der Waals surface area contributed by atoms with E-state index in [9.17, 15) is 4.79 Å². The quantitative estimate of drug-likeness (QED) is 0.777. The van der Waals surface area contributed by atoms with Crippen molar-refractivity contribution >= 4 is 28.4 Å². The molecule has 0 aliphatic heterocycles. The van der Waals surface area contributed by atoms with Gasteiger partial charge in [-0.15, -0.1) is 0 Å². The van der Waals surface area contributed by atoms with Crippen LogP contribution < -0.4 is 4.90 Å². The van der Waals surface area contributed by atoms with Crippen LogP contribution in [-0.4, -0.2) is 25.4 Å². The summed E-state index contributed by atoms with van der Waals surface area (Å²) in [5.41, 5.74) is 1.72. The molecule has 0 unspecified atom stereocenters. The summed E-state index contributed by atoms with van der Waals surface area (Å²) in [6.45, 7) is 0.354. The Bertz CT molecular complexity index is 525. The molecule has 0 spiro atoms. The number of rotatable bonds is 5. The molecule has 4 nitrogen and oxygen atoms in total. The number of benzene rings is 1. The lowest BCUT2D eigenvalue weighted by atomic mass is 10.3. The number of aromatic nitrogens is 1. The second kappa shape index (κ2) is 5.75. The van der Waals surface area contributed by atoms with Crippen LogP contribution in [0.3, 0.4) is 0 Å². The molecule has 18 heavy (non-hydrogen) atoms. The molecule has 0 radical (unpaired) electrons. The average molecular weight is 262 g/mol. The number of anilines is 2. The Hall–Kier alpha value is -1.72. The van der Waals surface area contributed by atoms with Crippen LogP contribution in [0, 0.1) is 0 Å². The molecule has 1 aromatic heterocycles. The Labute approximate surface area is 110 Å². The van der Waals surface area contributed by atoms with Crippen LogP contribution in [0.5, 0.6) is 0 Å².